The van der Waals surface area contributed by atoms with Crippen molar-refractivity contribution in [3.05, 3.63) is 12.7 Å². The van der Waals surface area contributed by atoms with E-state index in [4.69, 9.17) is 10.5 Å². The van der Waals surface area contributed by atoms with Crippen molar-refractivity contribution in [2.24, 2.45) is 5.73 Å². The summed E-state index contributed by atoms with van der Waals surface area (Å²) in [6, 6.07) is -1.54. The zero-order chi connectivity index (χ0) is 12.9. The summed E-state index contributed by atoms with van der Waals surface area (Å²) in [5.74, 6) is -0.939. The van der Waals surface area contributed by atoms with Gasteiger partial charge in [0, 0.05) is 0 Å². The third-order valence-corrected chi connectivity index (χ3v) is 1.68. The number of carbonyl (C=O) groups excluding carboxylic acids is 2. The van der Waals surface area contributed by atoms with Crippen LogP contribution in [0, 0.1) is 0 Å². The summed E-state index contributed by atoms with van der Waals surface area (Å²) in [5.41, 5.74) is 4.84. The van der Waals surface area contributed by atoms with Gasteiger partial charge in [0.05, 0.1) is 0 Å². The van der Waals surface area contributed by atoms with Gasteiger partial charge < -0.3 is 15.8 Å². The van der Waals surface area contributed by atoms with Gasteiger partial charge in [0.15, 0.2) is 0 Å². The number of esters is 1. The minimum absolute atomic E-state index is 0.451. The van der Waals surface area contributed by atoms with Gasteiger partial charge in [-0.25, -0.2) is 4.79 Å². The van der Waals surface area contributed by atoms with E-state index >= 15 is 0 Å². The van der Waals surface area contributed by atoms with Crippen molar-refractivity contribution in [3.8, 4) is 0 Å². The predicted octanol–water partition coefficient (Wildman–Crippen LogP) is 0.346. The van der Waals surface area contributed by atoms with E-state index in [1.165, 1.54) is 6.08 Å². The Hall–Kier alpha value is -1.36. The van der Waals surface area contributed by atoms with Crippen LogP contribution in [0.4, 0.5) is 0 Å². The lowest BCUT2D eigenvalue weighted by Gasteiger charge is -2.23. The van der Waals surface area contributed by atoms with Gasteiger partial charge in [0.1, 0.15) is 17.7 Å². The maximum atomic E-state index is 11.5. The third-order valence-electron chi connectivity index (χ3n) is 1.68. The molecule has 5 heteroatoms. The predicted molar refractivity (Wildman–Crippen MR) is 61.6 cm³/mol. The molecule has 3 N–H and O–H groups in total. The second-order valence-corrected chi connectivity index (χ2v) is 4.53. The van der Waals surface area contributed by atoms with Crippen molar-refractivity contribution in [2.45, 2.75) is 45.4 Å². The molecule has 16 heavy (non-hydrogen) atoms. The lowest BCUT2D eigenvalue weighted by molar-refractivity contribution is -0.158. The Labute approximate surface area is 96.0 Å². The molecule has 0 saturated carbocycles. The summed E-state index contributed by atoms with van der Waals surface area (Å²) >= 11 is 0. The lowest BCUT2D eigenvalue weighted by atomic mass is 10.2. The standard InChI is InChI=1S/C11H20N2O3/c1-6-8(12)9(14)13-7(2)10(15)16-11(3,4)5/h6-8H,1,12H2,2-5H3,(H,13,14)/t7-,8-/m0/s1. The first-order valence-corrected chi connectivity index (χ1v) is 5.08. The number of ether oxygens (including phenoxy) is 1. The van der Waals surface area contributed by atoms with Crippen molar-refractivity contribution in [1.29, 1.82) is 0 Å². The van der Waals surface area contributed by atoms with Gasteiger partial charge in [-0.3, -0.25) is 4.79 Å². The van der Waals surface area contributed by atoms with Gasteiger partial charge in [-0.15, -0.1) is 6.58 Å². The molecule has 0 fully saturated rings. The summed E-state index contributed by atoms with van der Waals surface area (Å²) in [4.78, 5) is 22.8. The minimum atomic E-state index is -0.815. The van der Waals surface area contributed by atoms with Gasteiger partial charge >= 0.3 is 5.97 Å². The maximum absolute atomic E-state index is 11.5. The van der Waals surface area contributed by atoms with E-state index in [2.05, 4.69) is 11.9 Å². The molecule has 2 atom stereocenters. The molecule has 0 aliphatic rings. The molecular formula is C11H20N2O3. The second-order valence-electron chi connectivity index (χ2n) is 4.53. The van der Waals surface area contributed by atoms with Crippen LogP contribution in [0.25, 0.3) is 0 Å². The van der Waals surface area contributed by atoms with Crippen molar-refractivity contribution in [3.63, 3.8) is 0 Å². The molecule has 0 spiro atoms. The van der Waals surface area contributed by atoms with Gasteiger partial charge in [0.2, 0.25) is 5.91 Å². The lowest BCUT2D eigenvalue weighted by Crippen LogP contribution is -2.47. The topological polar surface area (TPSA) is 81.4 Å². The molecule has 0 saturated heterocycles. The highest BCUT2D eigenvalue weighted by atomic mass is 16.6. The van der Waals surface area contributed by atoms with Crippen LogP contribution in [0.5, 0.6) is 0 Å². The third kappa shape index (κ3) is 5.50. The van der Waals surface area contributed by atoms with E-state index < -0.39 is 29.6 Å². The van der Waals surface area contributed by atoms with Crippen molar-refractivity contribution < 1.29 is 14.3 Å². The molecule has 0 aromatic carbocycles. The number of nitrogens with one attached hydrogen (secondary N) is 1. The van der Waals surface area contributed by atoms with Crippen molar-refractivity contribution in [1.82, 2.24) is 5.32 Å². The molecule has 0 aliphatic heterocycles. The van der Waals surface area contributed by atoms with Crippen LogP contribution >= 0.6 is 0 Å². The average molecular weight is 228 g/mol. The summed E-state index contributed by atoms with van der Waals surface area (Å²) in [7, 11) is 0. The van der Waals surface area contributed by atoms with Crippen LogP contribution in [0.3, 0.4) is 0 Å². The molecule has 92 valence electrons. The largest absolute Gasteiger partial charge is 0.458 e. The Balaban J connectivity index is 4.26. The zero-order valence-corrected chi connectivity index (χ0v) is 10.2. The Kier molecular flexibility index (Phi) is 5.17. The molecule has 0 bridgehead atoms. The molecule has 0 unspecified atom stereocenters. The van der Waals surface area contributed by atoms with E-state index in [9.17, 15) is 9.59 Å². The van der Waals surface area contributed by atoms with Crippen molar-refractivity contribution >= 4 is 11.9 Å². The fourth-order valence-electron chi connectivity index (χ4n) is 0.866. The quantitative estimate of drug-likeness (QED) is 0.537. The molecule has 0 radical (unpaired) electrons. The zero-order valence-electron chi connectivity index (χ0n) is 10.2. The molecule has 5 nitrogen and oxygen atoms in total. The first-order valence-electron chi connectivity index (χ1n) is 5.08. The molecule has 0 rings (SSSR count). The molecule has 0 aliphatic carbocycles. The van der Waals surface area contributed by atoms with Gasteiger partial charge in [-0.05, 0) is 27.7 Å². The number of rotatable bonds is 4. The number of hydrogen-bond acceptors (Lipinski definition) is 4. The normalized spacial score (nSPS) is 14.8. The summed E-state index contributed by atoms with van der Waals surface area (Å²) in [6.45, 7) is 10.2. The average Bonchev–Trinajstić information content (AvgIpc) is 2.13. The summed E-state index contributed by atoms with van der Waals surface area (Å²) in [6.07, 6.45) is 1.30. The second kappa shape index (κ2) is 5.65. The van der Waals surface area contributed by atoms with Crippen LogP contribution in [-0.4, -0.2) is 29.6 Å². The summed E-state index contributed by atoms with van der Waals surface area (Å²) < 4.78 is 5.09. The monoisotopic (exact) mass is 228 g/mol. The molecule has 1 amide bonds. The van der Waals surface area contributed by atoms with Gasteiger partial charge in [-0.2, -0.15) is 0 Å². The summed E-state index contributed by atoms with van der Waals surface area (Å²) in [5, 5.41) is 2.44. The molecule has 0 aromatic rings. The number of hydrogen-bond donors (Lipinski definition) is 2. The smallest absolute Gasteiger partial charge is 0.328 e. The van der Waals surface area contributed by atoms with Crippen LogP contribution in [0.1, 0.15) is 27.7 Å². The fourth-order valence-corrected chi connectivity index (χ4v) is 0.866. The van der Waals surface area contributed by atoms with Crippen molar-refractivity contribution in [2.75, 3.05) is 0 Å². The Morgan fingerprint density at radius 3 is 2.31 bits per heavy atom. The molecule has 0 aromatic heterocycles. The Bertz CT molecular complexity index is 281. The Morgan fingerprint density at radius 2 is 1.94 bits per heavy atom. The maximum Gasteiger partial charge on any atom is 0.328 e. The SMILES string of the molecule is C=C[C@H](N)C(=O)N[C@@H](C)C(=O)OC(C)(C)C. The fraction of sp³-hybridized carbons (Fsp3) is 0.636. The van der Waals surface area contributed by atoms with Gasteiger partial charge in [0.25, 0.3) is 0 Å². The minimum Gasteiger partial charge on any atom is -0.458 e. The van der Waals surface area contributed by atoms with Gasteiger partial charge in [-0.1, -0.05) is 6.08 Å². The van der Waals surface area contributed by atoms with E-state index in [1.807, 2.05) is 0 Å². The van der Waals surface area contributed by atoms with E-state index in [0.717, 1.165) is 0 Å². The number of amides is 1. The highest BCUT2D eigenvalue weighted by Crippen LogP contribution is 2.08. The van der Waals surface area contributed by atoms with Crippen LogP contribution in [0.15, 0.2) is 12.7 Å². The van der Waals surface area contributed by atoms with Crippen LogP contribution in [-0.2, 0) is 14.3 Å². The molecule has 0 heterocycles. The highest BCUT2D eigenvalue weighted by molar-refractivity contribution is 5.88. The van der Waals surface area contributed by atoms with Crippen LogP contribution < -0.4 is 11.1 Å². The highest BCUT2D eigenvalue weighted by Gasteiger charge is 2.23. The first-order chi connectivity index (χ1) is 7.17. The number of carbonyl (C=O) groups is 2. The van der Waals surface area contributed by atoms with E-state index in [0.29, 0.717) is 0 Å². The Morgan fingerprint density at radius 1 is 1.44 bits per heavy atom. The number of nitrogens with two attached hydrogens (primary N) is 1. The first kappa shape index (κ1) is 14.6. The molecular weight excluding hydrogens is 208 g/mol. The van der Waals surface area contributed by atoms with Crippen LogP contribution in [0.2, 0.25) is 0 Å². The van der Waals surface area contributed by atoms with E-state index in [1.54, 1.807) is 27.7 Å². The van der Waals surface area contributed by atoms with E-state index in [-0.39, 0.29) is 0 Å².